The Hall–Kier alpha value is -1.08. The summed E-state index contributed by atoms with van der Waals surface area (Å²) >= 11 is 0. The van der Waals surface area contributed by atoms with Crippen molar-refractivity contribution in [3.05, 3.63) is 0 Å². The van der Waals surface area contributed by atoms with Crippen LogP contribution in [-0.4, -0.2) is 28.9 Å². The van der Waals surface area contributed by atoms with Gasteiger partial charge in [-0.3, -0.25) is 4.79 Å². The molecule has 0 radical (unpaired) electrons. The highest BCUT2D eigenvalue weighted by Gasteiger charge is 2.43. The minimum atomic E-state index is -0.646. The lowest BCUT2D eigenvalue weighted by molar-refractivity contribution is -0.145. The first-order valence-electron chi connectivity index (χ1n) is 6.02. The lowest BCUT2D eigenvalue weighted by Crippen LogP contribution is -2.57. The average Bonchev–Trinajstić information content (AvgIpc) is 2.15. The molecule has 0 saturated heterocycles. The molecule has 98 valence electrons. The smallest absolute Gasteiger partial charge is 0.230 e. The van der Waals surface area contributed by atoms with Crippen LogP contribution < -0.4 is 5.73 Å². The molecule has 17 heavy (non-hydrogen) atoms. The molecule has 0 bridgehead atoms. The number of hydrogen-bond acceptors (Lipinski definition) is 3. The van der Waals surface area contributed by atoms with Crippen LogP contribution in [0.4, 0.5) is 0 Å². The van der Waals surface area contributed by atoms with Crippen molar-refractivity contribution < 1.29 is 4.79 Å². The minimum absolute atomic E-state index is 0.00949. The molecule has 0 aliphatic carbocycles. The van der Waals surface area contributed by atoms with Crippen molar-refractivity contribution in [2.75, 3.05) is 6.54 Å². The van der Waals surface area contributed by atoms with E-state index in [2.05, 4.69) is 6.07 Å². The zero-order valence-corrected chi connectivity index (χ0v) is 11.9. The number of amides is 1. The molecule has 0 aromatic carbocycles. The molecule has 0 spiro atoms. The highest BCUT2D eigenvalue weighted by atomic mass is 16.2. The Labute approximate surface area is 105 Å². The van der Waals surface area contributed by atoms with Crippen LogP contribution in [0.5, 0.6) is 0 Å². The third kappa shape index (κ3) is 3.71. The topological polar surface area (TPSA) is 70.1 Å². The molecule has 0 fully saturated rings. The summed E-state index contributed by atoms with van der Waals surface area (Å²) in [5.41, 5.74) is 4.83. The molecule has 0 unspecified atom stereocenters. The number of carbonyl (C=O) groups excluding carboxylic acids is 1. The van der Waals surface area contributed by atoms with Crippen LogP contribution in [0.2, 0.25) is 0 Å². The van der Waals surface area contributed by atoms with Gasteiger partial charge < -0.3 is 10.6 Å². The number of nitrogens with two attached hydrogens (primary N) is 1. The van der Waals surface area contributed by atoms with Gasteiger partial charge in [-0.05, 0) is 41.5 Å². The highest BCUT2D eigenvalue weighted by molar-refractivity contribution is 5.83. The van der Waals surface area contributed by atoms with E-state index < -0.39 is 11.0 Å². The van der Waals surface area contributed by atoms with Crippen LogP contribution in [0, 0.1) is 16.7 Å². The van der Waals surface area contributed by atoms with E-state index in [-0.39, 0.29) is 11.9 Å². The summed E-state index contributed by atoms with van der Waals surface area (Å²) in [6.07, 6.45) is 0.352. The van der Waals surface area contributed by atoms with E-state index in [0.717, 1.165) is 0 Å². The monoisotopic (exact) mass is 239 g/mol. The standard InChI is InChI=1S/C13H25N3O/c1-10(2)16(9-7-8-14)11(17)12(3,4)13(5,6)15/h10H,7,9,15H2,1-6H3. The molecule has 1 amide bonds. The molecule has 0 rings (SSSR count). The maximum Gasteiger partial charge on any atom is 0.230 e. The summed E-state index contributed by atoms with van der Waals surface area (Å²) in [5, 5.41) is 8.63. The number of rotatable bonds is 5. The van der Waals surface area contributed by atoms with Crippen LogP contribution in [0.15, 0.2) is 0 Å². The Kier molecular flexibility index (Phi) is 5.15. The predicted octanol–water partition coefficient (Wildman–Crippen LogP) is 1.90. The quantitative estimate of drug-likeness (QED) is 0.796. The lowest BCUT2D eigenvalue weighted by atomic mass is 9.74. The van der Waals surface area contributed by atoms with Crippen molar-refractivity contribution in [1.29, 1.82) is 5.26 Å². The summed E-state index contributed by atoms with van der Waals surface area (Å²) in [6.45, 7) is 11.8. The molecule has 0 aliphatic rings. The fourth-order valence-corrected chi connectivity index (χ4v) is 1.40. The third-order valence-electron chi connectivity index (χ3n) is 3.49. The predicted molar refractivity (Wildman–Crippen MR) is 69.1 cm³/mol. The molecule has 4 nitrogen and oxygen atoms in total. The largest absolute Gasteiger partial charge is 0.339 e. The van der Waals surface area contributed by atoms with E-state index >= 15 is 0 Å². The number of nitriles is 1. The van der Waals surface area contributed by atoms with Crippen molar-refractivity contribution in [1.82, 2.24) is 4.90 Å². The average molecular weight is 239 g/mol. The summed E-state index contributed by atoms with van der Waals surface area (Å²) in [7, 11) is 0. The fraction of sp³-hybridized carbons (Fsp3) is 0.846. The van der Waals surface area contributed by atoms with E-state index in [9.17, 15) is 4.79 Å². The highest BCUT2D eigenvalue weighted by Crippen LogP contribution is 2.31. The maximum atomic E-state index is 12.5. The molecule has 0 saturated carbocycles. The van der Waals surface area contributed by atoms with Crippen molar-refractivity contribution in [3.8, 4) is 6.07 Å². The molecule has 2 N–H and O–H groups in total. The summed E-state index contributed by atoms with van der Waals surface area (Å²) in [4.78, 5) is 14.2. The Morgan fingerprint density at radius 1 is 1.35 bits per heavy atom. The van der Waals surface area contributed by atoms with E-state index in [0.29, 0.717) is 13.0 Å². The Morgan fingerprint density at radius 2 is 1.82 bits per heavy atom. The molecule has 0 atom stereocenters. The van der Waals surface area contributed by atoms with Gasteiger partial charge in [0.1, 0.15) is 0 Å². The van der Waals surface area contributed by atoms with Gasteiger partial charge in [0.05, 0.1) is 17.9 Å². The van der Waals surface area contributed by atoms with Gasteiger partial charge in [-0.25, -0.2) is 0 Å². The second kappa shape index (κ2) is 5.50. The van der Waals surface area contributed by atoms with Gasteiger partial charge >= 0.3 is 0 Å². The fourth-order valence-electron chi connectivity index (χ4n) is 1.40. The van der Waals surface area contributed by atoms with Gasteiger partial charge in [0.15, 0.2) is 0 Å². The molecule has 4 heteroatoms. The first-order valence-corrected chi connectivity index (χ1v) is 6.02. The Balaban J connectivity index is 5.04. The van der Waals surface area contributed by atoms with Crippen molar-refractivity contribution in [3.63, 3.8) is 0 Å². The molecule has 0 aromatic heterocycles. The first kappa shape index (κ1) is 15.9. The van der Waals surface area contributed by atoms with Crippen LogP contribution >= 0.6 is 0 Å². The SMILES string of the molecule is CC(C)N(CCC#N)C(=O)C(C)(C)C(C)(C)N. The van der Waals surface area contributed by atoms with Crippen molar-refractivity contribution in [2.24, 2.45) is 11.1 Å². The lowest BCUT2D eigenvalue weighted by Gasteiger charge is -2.42. The van der Waals surface area contributed by atoms with Gasteiger partial charge in [0.2, 0.25) is 5.91 Å². The molecular weight excluding hydrogens is 214 g/mol. The van der Waals surface area contributed by atoms with E-state index in [1.807, 2.05) is 41.5 Å². The zero-order chi connectivity index (χ0) is 13.9. The van der Waals surface area contributed by atoms with Gasteiger partial charge in [0.25, 0.3) is 0 Å². The van der Waals surface area contributed by atoms with Crippen molar-refractivity contribution in [2.45, 2.75) is 59.5 Å². The summed E-state index contributed by atoms with van der Waals surface area (Å²) < 4.78 is 0. The normalized spacial score (nSPS) is 12.4. The van der Waals surface area contributed by atoms with Gasteiger partial charge in [-0.15, -0.1) is 0 Å². The molecule has 0 aromatic rings. The second-order valence-corrected chi connectivity index (χ2v) is 5.85. The Bertz CT molecular complexity index is 308. The first-order chi connectivity index (χ1) is 7.55. The minimum Gasteiger partial charge on any atom is -0.339 e. The van der Waals surface area contributed by atoms with Gasteiger partial charge in [0, 0.05) is 18.1 Å². The number of hydrogen-bond donors (Lipinski definition) is 1. The van der Waals surface area contributed by atoms with Gasteiger partial charge in [-0.1, -0.05) is 0 Å². The number of nitrogens with zero attached hydrogens (tertiary/aromatic N) is 2. The van der Waals surface area contributed by atoms with E-state index in [4.69, 9.17) is 11.0 Å². The summed E-state index contributed by atoms with van der Waals surface area (Å²) in [6, 6.07) is 2.15. The molecule has 0 aliphatic heterocycles. The van der Waals surface area contributed by atoms with Crippen LogP contribution in [0.25, 0.3) is 0 Å². The third-order valence-corrected chi connectivity index (χ3v) is 3.49. The van der Waals surface area contributed by atoms with Crippen LogP contribution in [0.1, 0.15) is 48.0 Å². The Morgan fingerprint density at radius 3 is 2.12 bits per heavy atom. The second-order valence-electron chi connectivity index (χ2n) is 5.85. The number of carbonyl (C=O) groups is 1. The van der Waals surface area contributed by atoms with Crippen LogP contribution in [-0.2, 0) is 4.79 Å². The van der Waals surface area contributed by atoms with E-state index in [1.165, 1.54) is 0 Å². The molecular formula is C13H25N3O. The van der Waals surface area contributed by atoms with Crippen molar-refractivity contribution >= 4 is 5.91 Å². The maximum absolute atomic E-state index is 12.5. The zero-order valence-electron chi connectivity index (χ0n) is 11.9. The van der Waals surface area contributed by atoms with Gasteiger partial charge in [-0.2, -0.15) is 5.26 Å². The summed E-state index contributed by atoms with van der Waals surface area (Å²) in [5.74, 6) is 0.00949. The van der Waals surface area contributed by atoms with Crippen LogP contribution in [0.3, 0.4) is 0 Å². The molecule has 0 heterocycles. The van der Waals surface area contributed by atoms with E-state index in [1.54, 1.807) is 4.90 Å².